The highest BCUT2D eigenvalue weighted by atomic mass is 16.5. The average molecular weight is 192 g/mol. The number of aryl methyl sites for hydroxylation is 1. The van der Waals surface area contributed by atoms with Crippen LogP contribution in [-0.4, -0.2) is 18.2 Å². The van der Waals surface area contributed by atoms with Crippen LogP contribution < -0.4 is 4.74 Å². The molecule has 0 saturated heterocycles. The van der Waals surface area contributed by atoms with Gasteiger partial charge in [0.25, 0.3) is 0 Å². The Balaban J connectivity index is 2.62. The Hall–Kier alpha value is -1.51. The van der Waals surface area contributed by atoms with E-state index in [1.807, 2.05) is 6.07 Å². The minimum Gasteiger partial charge on any atom is -0.496 e. The van der Waals surface area contributed by atoms with Crippen LogP contribution in [0.2, 0.25) is 0 Å². The largest absolute Gasteiger partial charge is 0.496 e. The van der Waals surface area contributed by atoms with Crippen LogP contribution >= 0.6 is 0 Å². The maximum Gasteiger partial charge on any atom is 0.339 e. The number of ether oxygens (including phenoxy) is 1. The van der Waals surface area contributed by atoms with Crippen LogP contribution in [0, 0.1) is 0 Å². The molecular weight excluding hydrogens is 180 g/mol. The first-order chi connectivity index (χ1) is 6.74. The zero-order valence-corrected chi connectivity index (χ0v) is 8.04. The number of rotatable bonds is 2. The van der Waals surface area contributed by atoms with Crippen molar-refractivity contribution in [1.29, 1.82) is 0 Å². The SMILES string of the molecule is COc1ccc2c(c1C(=O)O)CCC2. The van der Waals surface area contributed by atoms with E-state index < -0.39 is 5.97 Å². The lowest BCUT2D eigenvalue weighted by atomic mass is 10.0. The van der Waals surface area contributed by atoms with Crippen molar-refractivity contribution in [2.45, 2.75) is 19.3 Å². The van der Waals surface area contributed by atoms with Gasteiger partial charge in [-0.05, 0) is 36.5 Å². The number of benzene rings is 1. The van der Waals surface area contributed by atoms with Crippen LogP contribution in [0.1, 0.15) is 27.9 Å². The maximum absolute atomic E-state index is 11.1. The summed E-state index contributed by atoms with van der Waals surface area (Å²) in [4.78, 5) is 11.1. The molecular formula is C11H12O3. The lowest BCUT2D eigenvalue weighted by Gasteiger charge is -2.09. The molecule has 1 aromatic carbocycles. The second-order valence-electron chi connectivity index (χ2n) is 3.44. The molecule has 1 N–H and O–H groups in total. The number of carboxylic acids is 1. The van der Waals surface area contributed by atoms with E-state index in [9.17, 15) is 4.79 Å². The van der Waals surface area contributed by atoms with Crippen molar-refractivity contribution in [3.8, 4) is 5.75 Å². The number of methoxy groups -OCH3 is 1. The van der Waals surface area contributed by atoms with E-state index in [0.717, 1.165) is 30.4 Å². The fourth-order valence-corrected chi connectivity index (χ4v) is 2.05. The van der Waals surface area contributed by atoms with Gasteiger partial charge in [-0.2, -0.15) is 0 Å². The quantitative estimate of drug-likeness (QED) is 0.778. The number of hydrogen-bond donors (Lipinski definition) is 1. The second kappa shape index (κ2) is 3.33. The fourth-order valence-electron chi connectivity index (χ4n) is 2.05. The molecule has 0 spiro atoms. The van der Waals surface area contributed by atoms with E-state index in [-0.39, 0.29) is 0 Å². The summed E-state index contributed by atoms with van der Waals surface area (Å²) in [6.45, 7) is 0. The van der Waals surface area contributed by atoms with Crippen LogP contribution in [0.15, 0.2) is 12.1 Å². The molecule has 0 atom stereocenters. The molecule has 14 heavy (non-hydrogen) atoms. The molecule has 0 radical (unpaired) electrons. The summed E-state index contributed by atoms with van der Waals surface area (Å²) >= 11 is 0. The van der Waals surface area contributed by atoms with Gasteiger partial charge in [0.1, 0.15) is 11.3 Å². The van der Waals surface area contributed by atoms with Crippen molar-refractivity contribution in [3.05, 3.63) is 28.8 Å². The Kier molecular flexibility index (Phi) is 2.15. The molecule has 3 heteroatoms. The van der Waals surface area contributed by atoms with Crippen LogP contribution in [-0.2, 0) is 12.8 Å². The number of aromatic carboxylic acids is 1. The van der Waals surface area contributed by atoms with E-state index in [4.69, 9.17) is 9.84 Å². The smallest absolute Gasteiger partial charge is 0.339 e. The first-order valence-electron chi connectivity index (χ1n) is 4.66. The molecule has 1 aromatic rings. The van der Waals surface area contributed by atoms with Gasteiger partial charge >= 0.3 is 5.97 Å². The maximum atomic E-state index is 11.1. The molecule has 74 valence electrons. The normalized spacial score (nSPS) is 13.8. The molecule has 0 aromatic heterocycles. The van der Waals surface area contributed by atoms with Gasteiger partial charge in [0.15, 0.2) is 0 Å². The molecule has 0 amide bonds. The Morgan fingerprint density at radius 3 is 2.86 bits per heavy atom. The summed E-state index contributed by atoms with van der Waals surface area (Å²) in [7, 11) is 1.50. The van der Waals surface area contributed by atoms with E-state index in [1.165, 1.54) is 7.11 Å². The summed E-state index contributed by atoms with van der Waals surface area (Å²) in [5.74, 6) is -0.418. The number of hydrogen-bond acceptors (Lipinski definition) is 2. The molecule has 0 unspecified atom stereocenters. The molecule has 3 nitrogen and oxygen atoms in total. The highest BCUT2D eigenvalue weighted by Crippen LogP contribution is 2.31. The van der Waals surface area contributed by atoms with Gasteiger partial charge in [0.2, 0.25) is 0 Å². The minimum absolute atomic E-state index is 0.350. The number of carbonyl (C=O) groups is 1. The highest BCUT2D eigenvalue weighted by molar-refractivity contribution is 5.93. The minimum atomic E-state index is -0.888. The predicted molar refractivity (Wildman–Crippen MR) is 52.0 cm³/mol. The molecule has 0 fully saturated rings. The third kappa shape index (κ3) is 1.25. The van der Waals surface area contributed by atoms with Gasteiger partial charge in [0.05, 0.1) is 7.11 Å². The summed E-state index contributed by atoms with van der Waals surface area (Å²) < 4.78 is 5.05. The van der Waals surface area contributed by atoms with Gasteiger partial charge in [0, 0.05) is 0 Å². The van der Waals surface area contributed by atoms with E-state index in [1.54, 1.807) is 6.07 Å². The summed E-state index contributed by atoms with van der Waals surface area (Å²) in [6.07, 6.45) is 2.89. The number of carboxylic acid groups (broad SMARTS) is 1. The Morgan fingerprint density at radius 2 is 2.21 bits per heavy atom. The molecule has 1 aliphatic rings. The van der Waals surface area contributed by atoms with Gasteiger partial charge < -0.3 is 9.84 Å². The first-order valence-corrected chi connectivity index (χ1v) is 4.66. The highest BCUT2D eigenvalue weighted by Gasteiger charge is 2.22. The Labute approximate surface area is 82.3 Å². The summed E-state index contributed by atoms with van der Waals surface area (Å²) in [5, 5.41) is 9.08. The Bertz CT molecular complexity index is 382. The van der Waals surface area contributed by atoms with Crippen molar-refractivity contribution < 1.29 is 14.6 Å². The molecule has 0 heterocycles. The average Bonchev–Trinajstić information content (AvgIpc) is 2.62. The van der Waals surface area contributed by atoms with Crippen molar-refractivity contribution >= 4 is 5.97 Å². The van der Waals surface area contributed by atoms with Crippen LogP contribution in [0.25, 0.3) is 0 Å². The van der Waals surface area contributed by atoms with Crippen LogP contribution in [0.3, 0.4) is 0 Å². The third-order valence-electron chi connectivity index (χ3n) is 2.68. The lowest BCUT2D eigenvalue weighted by Crippen LogP contribution is -2.05. The predicted octanol–water partition coefficient (Wildman–Crippen LogP) is 1.88. The standard InChI is InChI=1S/C11H12O3/c1-14-9-6-5-7-3-2-4-8(7)10(9)11(12)13/h5-6H,2-4H2,1H3,(H,12,13). The molecule has 1 aliphatic carbocycles. The van der Waals surface area contributed by atoms with Crippen molar-refractivity contribution in [2.24, 2.45) is 0 Å². The van der Waals surface area contributed by atoms with Crippen molar-refractivity contribution in [1.82, 2.24) is 0 Å². The zero-order valence-electron chi connectivity index (χ0n) is 8.04. The van der Waals surface area contributed by atoms with E-state index >= 15 is 0 Å². The van der Waals surface area contributed by atoms with Gasteiger partial charge in [-0.3, -0.25) is 0 Å². The first kappa shape index (κ1) is 9.06. The molecule has 2 rings (SSSR count). The Morgan fingerprint density at radius 1 is 1.43 bits per heavy atom. The van der Waals surface area contributed by atoms with Gasteiger partial charge in [-0.1, -0.05) is 6.07 Å². The zero-order chi connectivity index (χ0) is 10.1. The van der Waals surface area contributed by atoms with Crippen LogP contribution in [0.4, 0.5) is 0 Å². The fraction of sp³-hybridized carbons (Fsp3) is 0.364. The van der Waals surface area contributed by atoms with Crippen LogP contribution in [0.5, 0.6) is 5.75 Å². The lowest BCUT2D eigenvalue weighted by molar-refractivity contribution is 0.0692. The van der Waals surface area contributed by atoms with Crippen molar-refractivity contribution in [2.75, 3.05) is 7.11 Å². The second-order valence-corrected chi connectivity index (χ2v) is 3.44. The van der Waals surface area contributed by atoms with E-state index in [2.05, 4.69) is 0 Å². The third-order valence-corrected chi connectivity index (χ3v) is 2.68. The molecule has 0 saturated carbocycles. The monoisotopic (exact) mass is 192 g/mol. The number of fused-ring (bicyclic) bond motifs is 1. The summed E-state index contributed by atoms with van der Waals surface area (Å²) in [6, 6.07) is 3.71. The van der Waals surface area contributed by atoms with Gasteiger partial charge in [-0.25, -0.2) is 4.79 Å². The summed E-state index contributed by atoms with van der Waals surface area (Å²) in [5.41, 5.74) is 2.46. The van der Waals surface area contributed by atoms with Gasteiger partial charge in [-0.15, -0.1) is 0 Å². The molecule has 0 aliphatic heterocycles. The molecule has 0 bridgehead atoms. The van der Waals surface area contributed by atoms with Crippen molar-refractivity contribution in [3.63, 3.8) is 0 Å². The topological polar surface area (TPSA) is 46.5 Å². The van der Waals surface area contributed by atoms with E-state index in [0.29, 0.717) is 11.3 Å².